The van der Waals surface area contributed by atoms with E-state index in [4.69, 9.17) is 0 Å². The van der Waals surface area contributed by atoms with Crippen molar-refractivity contribution in [2.24, 2.45) is 5.92 Å². The number of hydrogen-bond donors (Lipinski definition) is 2. The van der Waals surface area contributed by atoms with Gasteiger partial charge in [0.15, 0.2) is 0 Å². The molecule has 0 spiro atoms. The van der Waals surface area contributed by atoms with Gasteiger partial charge in [-0.25, -0.2) is 9.97 Å². The lowest BCUT2D eigenvalue weighted by atomic mass is 9.99. The van der Waals surface area contributed by atoms with E-state index in [-0.39, 0.29) is 6.61 Å². The van der Waals surface area contributed by atoms with Crippen molar-refractivity contribution in [1.29, 1.82) is 0 Å². The van der Waals surface area contributed by atoms with E-state index in [9.17, 15) is 5.11 Å². The molecule has 1 aromatic heterocycles. The summed E-state index contributed by atoms with van der Waals surface area (Å²) in [5.74, 6) is 2.14. The van der Waals surface area contributed by atoms with Gasteiger partial charge in [0.1, 0.15) is 18.0 Å². The minimum atomic E-state index is 0.250. The largest absolute Gasteiger partial charge is 0.396 e. The average Bonchev–Trinajstić information content (AvgIpc) is 3.07. The molecule has 3 heterocycles. The van der Waals surface area contributed by atoms with Gasteiger partial charge in [0.2, 0.25) is 0 Å². The van der Waals surface area contributed by atoms with Crippen LogP contribution in [0.1, 0.15) is 49.7 Å². The summed E-state index contributed by atoms with van der Waals surface area (Å²) < 4.78 is 0. The Balaban J connectivity index is 1.30. The molecule has 1 atom stereocenters. The van der Waals surface area contributed by atoms with E-state index in [2.05, 4.69) is 49.4 Å². The number of piperidine rings is 1. The van der Waals surface area contributed by atoms with Crippen molar-refractivity contribution in [2.75, 3.05) is 43.0 Å². The Labute approximate surface area is 180 Å². The Morgan fingerprint density at radius 3 is 2.47 bits per heavy atom. The van der Waals surface area contributed by atoms with Gasteiger partial charge < -0.3 is 15.3 Å². The van der Waals surface area contributed by atoms with Gasteiger partial charge in [-0.3, -0.25) is 4.90 Å². The van der Waals surface area contributed by atoms with Crippen LogP contribution in [0, 0.1) is 5.92 Å². The summed E-state index contributed by atoms with van der Waals surface area (Å²) in [4.78, 5) is 13.7. The van der Waals surface area contributed by atoms with Crippen LogP contribution in [0.2, 0.25) is 0 Å². The molecule has 1 aromatic carbocycles. The van der Waals surface area contributed by atoms with Crippen LogP contribution in [-0.4, -0.2) is 52.8 Å². The smallest absolute Gasteiger partial charge is 0.134 e. The Morgan fingerprint density at radius 2 is 1.70 bits per heavy atom. The van der Waals surface area contributed by atoms with Gasteiger partial charge in [0.25, 0.3) is 0 Å². The molecule has 0 aliphatic carbocycles. The van der Waals surface area contributed by atoms with E-state index in [1.165, 1.54) is 49.9 Å². The number of rotatable bonds is 7. The summed E-state index contributed by atoms with van der Waals surface area (Å²) in [6.07, 6.45) is 9.25. The number of anilines is 2. The molecule has 2 aliphatic heterocycles. The van der Waals surface area contributed by atoms with Crippen LogP contribution in [0.15, 0.2) is 36.7 Å². The van der Waals surface area contributed by atoms with E-state index < -0.39 is 0 Å². The lowest BCUT2D eigenvalue weighted by molar-refractivity contribution is 0.208. The van der Waals surface area contributed by atoms with Gasteiger partial charge in [0, 0.05) is 38.9 Å². The van der Waals surface area contributed by atoms with Crippen molar-refractivity contribution in [3.8, 4) is 0 Å². The first kappa shape index (κ1) is 21.1. The van der Waals surface area contributed by atoms with E-state index in [0.717, 1.165) is 50.7 Å². The lowest BCUT2D eigenvalue weighted by Gasteiger charge is -2.32. The van der Waals surface area contributed by atoms with Crippen molar-refractivity contribution >= 4 is 11.6 Å². The minimum Gasteiger partial charge on any atom is -0.396 e. The lowest BCUT2D eigenvalue weighted by Crippen LogP contribution is -2.37. The Hall–Kier alpha value is -2.18. The molecule has 1 unspecified atom stereocenters. The molecular formula is C24H35N5O. The number of likely N-dealkylation sites (tertiary alicyclic amines) is 1. The molecule has 30 heavy (non-hydrogen) atoms. The zero-order valence-electron chi connectivity index (χ0n) is 18.0. The summed E-state index contributed by atoms with van der Waals surface area (Å²) in [6.45, 7) is 6.38. The highest BCUT2D eigenvalue weighted by molar-refractivity contribution is 5.49. The fourth-order valence-corrected chi connectivity index (χ4v) is 4.55. The molecule has 2 saturated heterocycles. The summed E-state index contributed by atoms with van der Waals surface area (Å²) in [5, 5.41) is 12.9. The second kappa shape index (κ2) is 10.7. The molecule has 6 heteroatoms. The standard InChI is InChI=1S/C24H35N5O/c30-18-22-6-5-13-29(17-22)24-14-23(26-19-27-24)25-15-20-7-9-21(10-8-20)16-28-11-3-1-2-4-12-28/h7-10,14,19,22,30H,1-6,11-13,15-18H2,(H,25,26,27). The molecule has 2 N–H and O–H groups in total. The molecule has 6 nitrogen and oxygen atoms in total. The van der Waals surface area contributed by atoms with Crippen molar-refractivity contribution in [2.45, 2.75) is 51.6 Å². The molecule has 0 radical (unpaired) electrons. The highest BCUT2D eigenvalue weighted by Crippen LogP contribution is 2.22. The van der Waals surface area contributed by atoms with Crippen LogP contribution in [0.5, 0.6) is 0 Å². The maximum Gasteiger partial charge on any atom is 0.134 e. The summed E-state index contributed by atoms with van der Waals surface area (Å²) >= 11 is 0. The average molecular weight is 410 g/mol. The molecule has 0 saturated carbocycles. The highest BCUT2D eigenvalue weighted by atomic mass is 16.3. The van der Waals surface area contributed by atoms with Crippen LogP contribution < -0.4 is 10.2 Å². The first-order chi connectivity index (χ1) is 14.8. The van der Waals surface area contributed by atoms with Crippen molar-refractivity contribution < 1.29 is 5.11 Å². The maximum absolute atomic E-state index is 9.47. The molecule has 2 aliphatic rings. The normalized spacial score (nSPS) is 20.7. The summed E-state index contributed by atoms with van der Waals surface area (Å²) in [5.41, 5.74) is 2.65. The number of hydrogen-bond acceptors (Lipinski definition) is 6. The Morgan fingerprint density at radius 1 is 0.933 bits per heavy atom. The quantitative estimate of drug-likeness (QED) is 0.727. The third-order valence-corrected chi connectivity index (χ3v) is 6.36. The molecule has 0 bridgehead atoms. The van der Waals surface area contributed by atoms with Gasteiger partial charge in [-0.15, -0.1) is 0 Å². The van der Waals surface area contributed by atoms with Gasteiger partial charge in [-0.2, -0.15) is 0 Å². The van der Waals surface area contributed by atoms with Gasteiger partial charge in [-0.1, -0.05) is 37.1 Å². The molecule has 4 rings (SSSR count). The topological polar surface area (TPSA) is 64.5 Å². The zero-order chi connectivity index (χ0) is 20.6. The van der Waals surface area contributed by atoms with Crippen LogP contribution >= 0.6 is 0 Å². The fraction of sp³-hybridized carbons (Fsp3) is 0.583. The first-order valence-corrected chi connectivity index (χ1v) is 11.5. The number of nitrogens with zero attached hydrogens (tertiary/aromatic N) is 4. The molecule has 2 aromatic rings. The van der Waals surface area contributed by atoms with E-state index >= 15 is 0 Å². The highest BCUT2D eigenvalue weighted by Gasteiger charge is 2.20. The van der Waals surface area contributed by atoms with Crippen LogP contribution in [0.4, 0.5) is 11.6 Å². The summed E-state index contributed by atoms with van der Waals surface area (Å²) in [6, 6.07) is 11.0. The zero-order valence-corrected chi connectivity index (χ0v) is 18.0. The number of nitrogens with one attached hydrogen (secondary N) is 1. The molecular weight excluding hydrogens is 374 g/mol. The number of aromatic nitrogens is 2. The Bertz CT molecular complexity index is 773. The van der Waals surface area contributed by atoms with Crippen molar-refractivity contribution in [3.63, 3.8) is 0 Å². The van der Waals surface area contributed by atoms with Gasteiger partial charge in [0.05, 0.1) is 0 Å². The van der Waals surface area contributed by atoms with Crippen molar-refractivity contribution in [1.82, 2.24) is 14.9 Å². The van der Waals surface area contributed by atoms with Gasteiger partial charge >= 0.3 is 0 Å². The predicted molar refractivity (Wildman–Crippen MR) is 122 cm³/mol. The third-order valence-electron chi connectivity index (χ3n) is 6.36. The Kier molecular flexibility index (Phi) is 7.54. The minimum absolute atomic E-state index is 0.250. The van der Waals surface area contributed by atoms with Gasteiger partial charge in [-0.05, 0) is 55.8 Å². The van der Waals surface area contributed by atoms with Crippen molar-refractivity contribution in [3.05, 3.63) is 47.8 Å². The summed E-state index contributed by atoms with van der Waals surface area (Å²) in [7, 11) is 0. The number of aliphatic hydroxyl groups excluding tert-OH is 1. The first-order valence-electron chi connectivity index (χ1n) is 11.5. The van der Waals surface area contributed by atoms with Crippen LogP contribution in [0.25, 0.3) is 0 Å². The SMILES string of the molecule is OCC1CCCN(c2cc(NCc3ccc(CN4CCCCCC4)cc3)ncn2)C1. The van der Waals surface area contributed by atoms with Crippen LogP contribution in [0.3, 0.4) is 0 Å². The molecule has 0 amide bonds. The molecule has 2 fully saturated rings. The monoisotopic (exact) mass is 409 g/mol. The second-order valence-electron chi connectivity index (χ2n) is 8.76. The fourth-order valence-electron chi connectivity index (χ4n) is 4.55. The predicted octanol–water partition coefficient (Wildman–Crippen LogP) is 3.67. The molecule has 162 valence electrons. The second-order valence-corrected chi connectivity index (χ2v) is 8.76. The van der Waals surface area contributed by atoms with E-state index in [1.54, 1.807) is 6.33 Å². The van der Waals surface area contributed by atoms with E-state index in [1.807, 2.05) is 6.07 Å². The number of aliphatic hydroxyl groups is 1. The van der Waals surface area contributed by atoms with Crippen LogP contribution in [-0.2, 0) is 13.1 Å². The van der Waals surface area contributed by atoms with E-state index in [0.29, 0.717) is 5.92 Å². The maximum atomic E-state index is 9.47. The third kappa shape index (κ3) is 5.92. The number of benzene rings is 1.